The number of urea groups is 1. The van der Waals surface area contributed by atoms with Gasteiger partial charge in [0.25, 0.3) is 0 Å². The average Bonchev–Trinajstić information content (AvgIpc) is 2.87. The highest BCUT2D eigenvalue weighted by Crippen LogP contribution is 2.17. The van der Waals surface area contributed by atoms with E-state index in [0.29, 0.717) is 19.1 Å². The highest BCUT2D eigenvalue weighted by molar-refractivity contribution is 5.79. The van der Waals surface area contributed by atoms with Crippen LogP contribution in [-0.2, 0) is 4.79 Å². The number of amides is 3. The molecule has 2 aliphatic heterocycles. The minimum Gasteiger partial charge on any atom is -0.351 e. The highest BCUT2D eigenvalue weighted by atomic mass is 16.2. The molecule has 0 saturated carbocycles. The van der Waals surface area contributed by atoms with Crippen LogP contribution in [0.3, 0.4) is 0 Å². The van der Waals surface area contributed by atoms with E-state index in [2.05, 4.69) is 22.9 Å². The number of rotatable bonds is 3. The van der Waals surface area contributed by atoms with Crippen LogP contribution in [0, 0.1) is 5.92 Å². The summed E-state index contributed by atoms with van der Waals surface area (Å²) in [6.45, 7) is 6.92. The molecule has 0 bridgehead atoms. The van der Waals surface area contributed by atoms with Crippen LogP contribution in [0.1, 0.15) is 33.1 Å². The number of hydrogen-bond acceptors (Lipinski definition) is 3. The Kier molecular flexibility index (Phi) is 5.23. The molecule has 2 saturated heterocycles. The Morgan fingerprint density at radius 3 is 2.85 bits per heavy atom. The van der Waals surface area contributed by atoms with Gasteiger partial charge in [-0.2, -0.15) is 0 Å². The van der Waals surface area contributed by atoms with Crippen molar-refractivity contribution in [3.8, 4) is 0 Å². The summed E-state index contributed by atoms with van der Waals surface area (Å²) >= 11 is 0. The molecule has 6 heteroatoms. The molecule has 0 aliphatic carbocycles. The fourth-order valence-electron chi connectivity index (χ4n) is 3.01. The fourth-order valence-corrected chi connectivity index (χ4v) is 3.01. The van der Waals surface area contributed by atoms with Gasteiger partial charge in [0.05, 0.1) is 0 Å². The minimum atomic E-state index is -0.0280. The summed E-state index contributed by atoms with van der Waals surface area (Å²) in [5.41, 5.74) is 0. The largest absolute Gasteiger partial charge is 0.351 e. The number of nitrogens with zero attached hydrogens (tertiary/aromatic N) is 1. The van der Waals surface area contributed by atoms with Crippen molar-refractivity contribution in [2.45, 2.75) is 45.2 Å². The Hall–Kier alpha value is -1.30. The van der Waals surface area contributed by atoms with E-state index in [9.17, 15) is 9.59 Å². The molecule has 3 amide bonds. The summed E-state index contributed by atoms with van der Waals surface area (Å²) in [6.07, 6.45) is 2.66. The molecule has 20 heavy (non-hydrogen) atoms. The van der Waals surface area contributed by atoms with Gasteiger partial charge in [-0.1, -0.05) is 0 Å². The molecule has 2 fully saturated rings. The van der Waals surface area contributed by atoms with Crippen molar-refractivity contribution in [2.24, 2.45) is 5.92 Å². The number of likely N-dealkylation sites (tertiary alicyclic amines) is 1. The molecule has 114 valence electrons. The maximum atomic E-state index is 12.2. The lowest BCUT2D eigenvalue weighted by molar-refractivity contribution is -0.126. The normalized spacial score (nSPS) is 30.1. The van der Waals surface area contributed by atoms with Crippen molar-refractivity contribution in [3.05, 3.63) is 0 Å². The number of nitrogens with one attached hydrogen (secondary N) is 3. The molecule has 2 rings (SSSR count). The summed E-state index contributed by atoms with van der Waals surface area (Å²) in [4.78, 5) is 25.7. The monoisotopic (exact) mass is 282 g/mol. The standard InChI is InChI=1S/C14H26N4O2/c1-3-15-14(20)18-7-5-12(9-18)17-13(19)11-4-6-16-10(2)8-11/h10-12,16H,3-9H2,1-2H3,(H,15,20)(H,17,19)/t10-,11-,12?/m0/s1. The van der Waals surface area contributed by atoms with Crippen molar-refractivity contribution in [2.75, 3.05) is 26.2 Å². The molecule has 3 atom stereocenters. The number of carbonyl (C=O) groups excluding carboxylic acids is 2. The van der Waals surface area contributed by atoms with Gasteiger partial charge in [0, 0.05) is 37.6 Å². The highest BCUT2D eigenvalue weighted by Gasteiger charge is 2.30. The molecule has 3 N–H and O–H groups in total. The van der Waals surface area contributed by atoms with Gasteiger partial charge in [0.2, 0.25) is 5.91 Å². The average molecular weight is 282 g/mol. The third-order valence-electron chi connectivity index (χ3n) is 4.14. The molecule has 0 spiro atoms. The van der Waals surface area contributed by atoms with Crippen LogP contribution in [0.4, 0.5) is 4.79 Å². The minimum absolute atomic E-state index is 0.0280. The second kappa shape index (κ2) is 6.92. The van der Waals surface area contributed by atoms with Crippen LogP contribution in [0.5, 0.6) is 0 Å². The van der Waals surface area contributed by atoms with Crippen molar-refractivity contribution >= 4 is 11.9 Å². The van der Waals surface area contributed by atoms with Gasteiger partial charge in [-0.25, -0.2) is 4.79 Å². The van der Waals surface area contributed by atoms with Gasteiger partial charge < -0.3 is 20.9 Å². The Balaban J connectivity index is 1.77. The maximum absolute atomic E-state index is 12.2. The summed E-state index contributed by atoms with van der Waals surface area (Å²) in [6, 6.07) is 0.491. The number of piperidine rings is 1. The Morgan fingerprint density at radius 2 is 2.15 bits per heavy atom. The van der Waals surface area contributed by atoms with E-state index in [0.717, 1.165) is 32.4 Å². The molecular formula is C14H26N4O2. The molecule has 6 nitrogen and oxygen atoms in total. The zero-order chi connectivity index (χ0) is 14.5. The predicted molar refractivity (Wildman–Crippen MR) is 77.4 cm³/mol. The summed E-state index contributed by atoms with van der Waals surface area (Å²) in [5, 5.41) is 9.26. The lowest BCUT2D eigenvalue weighted by Gasteiger charge is -2.28. The SMILES string of the molecule is CCNC(=O)N1CCC(NC(=O)[C@H]2CCN[C@@H](C)C2)C1. The van der Waals surface area contributed by atoms with Gasteiger partial charge >= 0.3 is 6.03 Å². The van der Waals surface area contributed by atoms with E-state index >= 15 is 0 Å². The Morgan fingerprint density at radius 1 is 1.35 bits per heavy atom. The molecule has 2 heterocycles. The third kappa shape index (κ3) is 3.85. The maximum Gasteiger partial charge on any atom is 0.317 e. The second-order valence-corrected chi connectivity index (χ2v) is 5.85. The van der Waals surface area contributed by atoms with E-state index in [4.69, 9.17) is 0 Å². The first-order chi connectivity index (χ1) is 9.60. The first-order valence-electron chi connectivity index (χ1n) is 7.66. The van der Waals surface area contributed by atoms with Crippen molar-refractivity contribution in [1.82, 2.24) is 20.9 Å². The van der Waals surface area contributed by atoms with E-state index in [1.54, 1.807) is 4.90 Å². The van der Waals surface area contributed by atoms with E-state index < -0.39 is 0 Å². The van der Waals surface area contributed by atoms with Gasteiger partial charge in [-0.15, -0.1) is 0 Å². The first-order valence-corrected chi connectivity index (χ1v) is 7.66. The van der Waals surface area contributed by atoms with Gasteiger partial charge in [-0.05, 0) is 39.7 Å². The predicted octanol–water partition coefficient (Wildman–Crippen LogP) is 0.295. The zero-order valence-corrected chi connectivity index (χ0v) is 12.4. The zero-order valence-electron chi connectivity index (χ0n) is 12.4. The molecule has 0 aromatic heterocycles. The van der Waals surface area contributed by atoms with Crippen LogP contribution >= 0.6 is 0 Å². The molecule has 0 aromatic carbocycles. The Labute approximate surface area is 120 Å². The molecule has 2 aliphatic rings. The lowest BCUT2D eigenvalue weighted by Crippen LogP contribution is -2.46. The first kappa shape index (κ1) is 15.1. The van der Waals surface area contributed by atoms with E-state index in [-0.39, 0.29) is 23.9 Å². The second-order valence-electron chi connectivity index (χ2n) is 5.85. The number of carbonyl (C=O) groups is 2. The Bertz CT molecular complexity index is 361. The molecule has 1 unspecified atom stereocenters. The summed E-state index contributed by atoms with van der Waals surface area (Å²) < 4.78 is 0. The quantitative estimate of drug-likeness (QED) is 0.697. The molecular weight excluding hydrogens is 256 g/mol. The van der Waals surface area contributed by atoms with Crippen molar-refractivity contribution in [3.63, 3.8) is 0 Å². The van der Waals surface area contributed by atoms with Gasteiger partial charge in [0.1, 0.15) is 0 Å². The van der Waals surface area contributed by atoms with Gasteiger partial charge in [-0.3, -0.25) is 4.79 Å². The van der Waals surface area contributed by atoms with Crippen LogP contribution in [0.25, 0.3) is 0 Å². The van der Waals surface area contributed by atoms with Crippen molar-refractivity contribution < 1.29 is 9.59 Å². The topological polar surface area (TPSA) is 73.5 Å². The van der Waals surface area contributed by atoms with Gasteiger partial charge in [0.15, 0.2) is 0 Å². The molecule has 0 aromatic rings. The van der Waals surface area contributed by atoms with Crippen LogP contribution < -0.4 is 16.0 Å². The van der Waals surface area contributed by atoms with E-state index in [1.165, 1.54) is 0 Å². The van der Waals surface area contributed by atoms with Crippen LogP contribution in [0.15, 0.2) is 0 Å². The fraction of sp³-hybridized carbons (Fsp3) is 0.857. The smallest absolute Gasteiger partial charge is 0.317 e. The third-order valence-corrected chi connectivity index (χ3v) is 4.14. The van der Waals surface area contributed by atoms with Crippen LogP contribution in [-0.4, -0.2) is 55.1 Å². The number of hydrogen-bond donors (Lipinski definition) is 3. The van der Waals surface area contributed by atoms with Crippen molar-refractivity contribution in [1.29, 1.82) is 0 Å². The summed E-state index contributed by atoms with van der Waals surface area (Å²) in [7, 11) is 0. The summed E-state index contributed by atoms with van der Waals surface area (Å²) in [5.74, 6) is 0.269. The van der Waals surface area contributed by atoms with Crippen LogP contribution in [0.2, 0.25) is 0 Å². The molecule has 0 radical (unpaired) electrons. The lowest BCUT2D eigenvalue weighted by atomic mass is 9.92. The van der Waals surface area contributed by atoms with E-state index in [1.807, 2.05) is 6.92 Å².